The van der Waals surface area contributed by atoms with Crippen molar-refractivity contribution in [3.8, 4) is 0 Å². The molecule has 0 radical (unpaired) electrons. The Morgan fingerprint density at radius 2 is 2.00 bits per heavy atom. The average molecular weight is 266 g/mol. The first-order valence-electron chi connectivity index (χ1n) is 7.10. The second-order valence-electron chi connectivity index (χ2n) is 4.75. The van der Waals surface area contributed by atoms with Crippen molar-refractivity contribution in [2.45, 2.75) is 53.2 Å². The summed E-state index contributed by atoms with van der Waals surface area (Å²) in [4.78, 5) is 14.0. The van der Waals surface area contributed by atoms with E-state index in [9.17, 15) is 4.79 Å². The standard InChI is InChI=1S/C14H26N4O/c1-6-17(7-2)14(19)12(5)16-11(4)13-9-15-18(8-3)10-13/h9-12,16H,6-8H2,1-5H3. The number of aryl methyl sites for hydroxylation is 1. The van der Waals surface area contributed by atoms with Crippen LogP contribution in [0.3, 0.4) is 0 Å². The van der Waals surface area contributed by atoms with Crippen LogP contribution in [0.25, 0.3) is 0 Å². The summed E-state index contributed by atoms with van der Waals surface area (Å²) >= 11 is 0. The lowest BCUT2D eigenvalue weighted by Crippen LogP contribution is -2.45. The van der Waals surface area contributed by atoms with Crippen LogP contribution in [-0.4, -0.2) is 39.7 Å². The summed E-state index contributed by atoms with van der Waals surface area (Å²) in [5.74, 6) is 0.153. The van der Waals surface area contributed by atoms with Crippen molar-refractivity contribution in [2.24, 2.45) is 0 Å². The fourth-order valence-electron chi connectivity index (χ4n) is 2.13. The summed E-state index contributed by atoms with van der Waals surface area (Å²) in [5.41, 5.74) is 1.11. The van der Waals surface area contributed by atoms with Crippen LogP contribution in [0.4, 0.5) is 0 Å². The van der Waals surface area contributed by atoms with E-state index in [0.29, 0.717) is 0 Å². The van der Waals surface area contributed by atoms with Gasteiger partial charge < -0.3 is 4.90 Å². The van der Waals surface area contributed by atoms with Gasteiger partial charge in [0.1, 0.15) is 0 Å². The Morgan fingerprint density at radius 1 is 1.37 bits per heavy atom. The lowest BCUT2D eigenvalue weighted by molar-refractivity contribution is -0.132. The van der Waals surface area contributed by atoms with Gasteiger partial charge >= 0.3 is 0 Å². The fourth-order valence-corrected chi connectivity index (χ4v) is 2.13. The van der Waals surface area contributed by atoms with Gasteiger partial charge in [0.2, 0.25) is 5.91 Å². The van der Waals surface area contributed by atoms with E-state index in [1.807, 2.05) is 42.7 Å². The van der Waals surface area contributed by atoms with Gasteiger partial charge in [-0.1, -0.05) is 0 Å². The van der Waals surface area contributed by atoms with E-state index in [1.165, 1.54) is 0 Å². The van der Waals surface area contributed by atoms with Gasteiger partial charge in [-0.15, -0.1) is 0 Å². The highest BCUT2D eigenvalue weighted by atomic mass is 16.2. The third kappa shape index (κ3) is 4.06. The Hall–Kier alpha value is -1.36. The van der Waals surface area contributed by atoms with Gasteiger partial charge in [0.15, 0.2) is 0 Å². The number of carbonyl (C=O) groups excluding carboxylic acids is 1. The maximum Gasteiger partial charge on any atom is 0.239 e. The molecule has 2 unspecified atom stereocenters. The summed E-state index contributed by atoms with van der Waals surface area (Å²) in [6.45, 7) is 12.4. The van der Waals surface area contributed by atoms with E-state index in [0.717, 1.165) is 25.2 Å². The van der Waals surface area contributed by atoms with Crippen molar-refractivity contribution in [1.29, 1.82) is 0 Å². The molecule has 0 saturated heterocycles. The Morgan fingerprint density at radius 3 is 2.47 bits per heavy atom. The molecule has 1 aromatic rings. The van der Waals surface area contributed by atoms with E-state index < -0.39 is 0 Å². The number of rotatable bonds is 7. The van der Waals surface area contributed by atoms with Gasteiger partial charge in [0.25, 0.3) is 0 Å². The van der Waals surface area contributed by atoms with Crippen molar-refractivity contribution in [3.05, 3.63) is 18.0 Å². The van der Waals surface area contributed by atoms with Gasteiger partial charge in [-0.05, 0) is 34.6 Å². The minimum Gasteiger partial charge on any atom is -0.342 e. The lowest BCUT2D eigenvalue weighted by atomic mass is 10.1. The van der Waals surface area contributed by atoms with E-state index in [-0.39, 0.29) is 18.0 Å². The van der Waals surface area contributed by atoms with E-state index in [1.54, 1.807) is 0 Å². The van der Waals surface area contributed by atoms with Crippen molar-refractivity contribution < 1.29 is 4.79 Å². The molecule has 19 heavy (non-hydrogen) atoms. The van der Waals surface area contributed by atoms with Gasteiger partial charge in [0, 0.05) is 37.4 Å². The second kappa shape index (κ2) is 7.28. The summed E-state index contributed by atoms with van der Waals surface area (Å²) in [6.07, 6.45) is 3.88. The van der Waals surface area contributed by atoms with Crippen molar-refractivity contribution in [3.63, 3.8) is 0 Å². The first kappa shape index (κ1) is 15.7. The molecule has 0 saturated carbocycles. The molecule has 5 nitrogen and oxygen atoms in total. The lowest BCUT2D eigenvalue weighted by Gasteiger charge is -2.25. The highest BCUT2D eigenvalue weighted by Gasteiger charge is 2.20. The first-order chi connectivity index (χ1) is 9.03. The van der Waals surface area contributed by atoms with Gasteiger partial charge in [-0.2, -0.15) is 5.10 Å². The van der Waals surface area contributed by atoms with Crippen LogP contribution in [0.15, 0.2) is 12.4 Å². The molecule has 1 amide bonds. The third-order valence-electron chi connectivity index (χ3n) is 3.42. The molecular formula is C14H26N4O. The van der Waals surface area contributed by atoms with Crippen LogP contribution >= 0.6 is 0 Å². The van der Waals surface area contributed by atoms with Crippen LogP contribution in [0, 0.1) is 0 Å². The first-order valence-corrected chi connectivity index (χ1v) is 7.10. The van der Waals surface area contributed by atoms with Crippen LogP contribution in [-0.2, 0) is 11.3 Å². The minimum absolute atomic E-state index is 0.120. The average Bonchev–Trinajstić information content (AvgIpc) is 2.88. The summed E-state index contributed by atoms with van der Waals surface area (Å²) in [7, 11) is 0. The third-order valence-corrected chi connectivity index (χ3v) is 3.42. The molecule has 2 atom stereocenters. The maximum absolute atomic E-state index is 12.2. The predicted octanol–water partition coefficient (Wildman–Crippen LogP) is 1.81. The zero-order valence-corrected chi connectivity index (χ0v) is 12.7. The molecule has 1 aromatic heterocycles. The molecule has 0 aliphatic heterocycles. The molecule has 1 heterocycles. The Balaban J connectivity index is 2.60. The van der Waals surface area contributed by atoms with Crippen LogP contribution in [0.5, 0.6) is 0 Å². The normalized spacial score (nSPS) is 14.2. The molecular weight excluding hydrogens is 240 g/mol. The number of nitrogens with one attached hydrogen (secondary N) is 1. The van der Waals surface area contributed by atoms with Gasteiger partial charge in [-0.3, -0.25) is 14.8 Å². The second-order valence-corrected chi connectivity index (χ2v) is 4.75. The molecule has 0 aliphatic rings. The SMILES string of the molecule is CCN(CC)C(=O)C(C)NC(C)c1cnn(CC)c1. The van der Waals surface area contributed by atoms with Crippen LogP contribution < -0.4 is 5.32 Å². The quantitative estimate of drug-likeness (QED) is 0.819. The highest BCUT2D eigenvalue weighted by molar-refractivity contribution is 5.81. The minimum atomic E-state index is -0.181. The Labute approximate surface area is 116 Å². The molecule has 0 bridgehead atoms. The number of hydrogen-bond donors (Lipinski definition) is 1. The molecule has 0 fully saturated rings. The molecule has 0 spiro atoms. The largest absolute Gasteiger partial charge is 0.342 e. The molecule has 0 aromatic carbocycles. The zero-order chi connectivity index (χ0) is 14.4. The number of aromatic nitrogens is 2. The number of hydrogen-bond acceptors (Lipinski definition) is 3. The van der Waals surface area contributed by atoms with Gasteiger partial charge in [-0.25, -0.2) is 0 Å². The highest BCUT2D eigenvalue weighted by Crippen LogP contribution is 2.12. The summed E-state index contributed by atoms with van der Waals surface area (Å²) < 4.78 is 1.89. The van der Waals surface area contributed by atoms with Gasteiger partial charge in [0.05, 0.1) is 12.2 Å². The maximum atomic E-state index is 12.2. The van der Waals surface area contributed by atoms with Crippen molar-refractivity contribution in [1.82, 2.24) is 20.0 Å². The Bertz CT molecular complexity index is 398. The molecule has 1 rings (SSSR count). The van der Waals surface area contributed by atoms with E-state index in [4.69, 9.17) is 0 Å². The topological polar surface area (TPSA) is 50.2 Å². The van der Waals surface area contributed by atoms with E-state index >= 15 is 0 Å². The molecule has 108 valence electrons. The monoisotopic (exact) mass is 266 g/mol. The predicted molar refractivity (Wildman–Crippen MR) is 76.8 cm³/mol. The summed E-state index contributed by atoms with van der Waals surface area (Å²) in [5, 5.41) is 7.59. The number of carbonyl (C=O) groups is 1. The number of amides is 1. The molecule has 1 N–H and O–H groups in total. The molecule has 0 aliphatic carbocycles. The van der Waals surface area contributed by atoms with Crippen molar-refractivity contribution in [2.75, 3.05) is 13.1 Å². The fraction of sp³-hybridized carbons (Fsp3) is 0.714. The van der Waals surface area contributed by atoms with Crippen LogP contribution in [0.1, 0.15) is 46.2 Å². The Kier molecular flexibility index (Phi) is 6.02. The number of nitrogens with zero attached hydrogens (tertiary/aromatic N) is 3. The summed E-state index contributed by atoms with van der Waals surface area (Å²) in [6, 6.07) is -0.0605. The van der Waals surface area contributed by atoms with Crippen molar-refractivity contribution >= 4 is 5.91 Å². The van der Waals surface area contributed by atoms with E-state index in [2.05, 4.69) is 24.3 Å². The van der Waals surface area contributed by atoms with Crippen LogP contribution in [0.2, 0.25) is 0 Å². The number of likely N-dealkylation sites (N-methyl/N-ethyl adjacent to an activating group) is 1. The smallest absolute Gasteiger partial charge is 0.239 e. The molecule has 5 heteroatoms. The zero-order valence-electron chi connectivity index (χ0n) is 12.7.